The molecule has 0 radical (unpaired) electrons. The monoisotopic (exact) mass is 168 g/mol. The number of nitrogens with one attached hydrogen (secondary N) is 1. The zero-order valence-corrected chi connectivity index (χ0v) is 8.27. The minimum atomic E-state index is 0.484. The van der Waals surface area contributed by atoms with Crippen molar-refractivity contribution in [3.05, 3.63) is 12.7 Å². The molecule has 0 aromatic heterocycles. The van der Waals surface area contributed by atoms with Crippen molar-refractivity contribution in [1.82, 2.24) is 10.2 Å². The maximum absolute atomic E-state index is 3.76. The molecule has 0 aliphatic carbocycles. The molecule has 0 aromatic rings. The Bertz CT molecular complexity index is 156. The summed E-state index contributed by atoms with van der Waals surface area (Å²) < 4.78 is 0. The lowest BCUT2D eigenvalue weighted by atomic mass is 9.90. The zero-order chi connectivity index (χ0) is 9.03. The van der Waals surface area contributed by atoms with Gasteiger partial charge in [0.25, 0.3) is 0 Å². The van der Waals surface area contributed by atoms with Gasteiger partial charge >= 0.3 is 0 Å². The Morgan fingerprint density at radius 1 is 1.67 bits per heavy atom. The maximum atomic E-state index is 3.76. The van der Waals surface area contributed by atoms with Crippen molar-refractivity contribution in [3.63, 3.8) is 0 Å². The SMILES string of the molecule is C=CCN1CCC(C)(CNC)C1. The predicted molar refractivity (Wildman–Crippen MR) is 53.3 cm³/mol. The van der Waals surface area contributed by atoms with Crippen LogP contribution in [-0.4, -0.2) is 38.1 Å². The average molecular weight is 168 g/mol. The second-order valence-corrected chi connectivity index (χ2v) is 4.11. The van der Waals surface area contributed by atoms with Gasteiger partial charge in [0.05, 0.1) is 0 Å². The van der Waals surface area contributed by atoms with Gasteiger partial charge in [0.15, 0.2) is 0 Å². The molecule has 2 nitrogen and oxygen atoms in total. The summed E-state index contributed by atoms with van der Waals surface area (Å²) in [5, 5.41) is 3.26. The number of hydrogen-bond acceptors (Lipinski definition) is 2. The first kappa shape index (κ1) is 9.75. The first-order valence-corrected chi connectivity index (χ1v) is 4.68. The van der Waals surface area contributed by atoms with Crippen LogP contribution < -0.4 is 5.32 Å². The third kappa shape index (κ3) is 2.32. The van der Waals surface area contributed by atoms with E-state index in [9.17, 15) is 0 Å². The van der Waals surface area contributed by atoms with Crippen LogP contribution in [0, 0.1) is 5.41 Å². The molecule has 0 saturated carbocycles. The fourth-order valence-corrected chi connectivity index (χ4v) is 2.04. The van der Waals surface area contributed by atoms with E-state index in [-0.39, 0.29) is 0 Å². The summed E-state index contributed by atoms with van der Waals surface area (Å²) >= 11 is 0. The summed E-state index contributed by atoms with van der Waals surface area (Å²) in [6.07, 6.45) is 3.30. The number of rotatable bonds is 4. The Balaban J connectivity index is 2.37. The standard InChI is InChI=1S/C10H20N2/c1-4-6-12-7-5-10(2,9-12)8-11-3/h4,11H,1,5-9H2,2-3H3. The van der Waals surface area contributed by atoms with Crippen molar-refractivity contribution in [2.24, 2.45) is 5.41 Å². The van der Waals surface area contributed by atoms with Crippen LogP contribution in [0.4, 0.5) is 0 Å². The van der Waals surface area contributed by atoms with Gasteiger partial charge in [-0.3, -0.25) is 4.90 Å². The van der Waals surface area contributed by atoms with Crippen LogP contribution in [0.1, 0.15) is 13.3 Å². The van der Waals surface area contributed by atoms with Crippen LogP contribution >= 0.6 is 0 Å². The van der Waals surface area contributed by atoms with E-state index in [0.29, 0.717) is 5.41 Å². The van der Waals surface area contributed by atoms with E-state index < -0.39 is 0 Å². The minimum absolute atomic E-state index is 0.484. The lowest BCUT2D eigenvalue weighted by Gasteiger charge is -2.23. The Morgan fingerprint density at radius 2 is 2.42 bits per heavy atom. The third-order valence-electron chi connectivity index (χ3n) is 2.63. The van der Waals surface area contributed by atoms with E-state index in [1.807, 2.05) is 13.1 Å². The topological polar surface area (TPSA) is 15.3 Å². The molecular weight excluding hydrogens is 148 g/mol. The summed E-state index contributed by atoms with van der Waals surface area (Å²) in [5.74, 6) is 0. The van der Waals surface area contributed by atoms with Crippen LogP contribution in [0.3, 0.4) is 0 Å². The van der Waals surface area contributed by atoms with Gasteiger partial charge in [-0.25, -0.2) is 0 Å². The summed E-state index contributed by atoms with van der Waals surface area (Å²) in [4.78, 5) is 2.46. The van der Waals surface area contributed by atoms with Gasteiger partial charge in [-0.15, -0.1) is 6.58 Å². The zero-order valence-electron chi connectivity index (χ0n) is 8.27. The molecule has 0 spiro atoms. The summed E-state index contributed by atoms with van der Waals surface area (Å²) in [6, 6.07) is 0. The molecular formula is C10H20N2. The molecule has 1 aliphatic rings. The maximum Gasteiger partial charge on any atom is 0.0160 e. The Kier molecular flexibility index (Phi) is 3.29. The van der Waals surface area contributed by atoms with Gasteiger partial charge in [-0.2, -0.15) is 0 Å². The van der Waals surface area contributed by atoms with E-state index in [1.54, 1.807) is 0 Å². The highest BCUT2D eigenvalue weighted by Crippen LogP contribution is 2.28. The Morgan fingerprint density at radius 3 is 3.00 bits per heavy atom. The molecule has 1 fully saturated rings. The minimum Gasteiger partial charge on any atom is -0.319 e. The van der Waals surface area contributed by atoms with Gasteiger partial charge in [-0.1, -0.05) is 13.0 Å². The van der Waals surface area contributed by atoms with Crippen LogP contribution in [0.25, 0.3) is 0 Å². The fraction of sp³-hybridized carbons (Fsp3) is 0.800. The van der Waals surface area contributed by atoms with E-state index in [2.05, 4.69) is 23.7 Å². The average Bonchev–Trinajstić information content (AvgIpc) is 2.34. The van der Waals surface area contributed by atoms with E-state index >= 15 is 0 Å². The van der Waals surface area contributed by atoms with Crippen molar-refractivity contribution < 1.29 is 0 Å². The highest BCUT2D eigenvalue weighted by Gasteiger charge is 2.32. The van der Waals surface area contributed by atoms with Crippen molar-refractivity contribution in [1.29, 1.82) is 0 Å². The van der Waals surface area contributed by atoms with Crippen LogP contribution in [0.5, 0.6) is 0 Å². The molecule has 1 atom stereocenters. The lowest BCUT2D eigenvalue weighted by molar-refractivity contribution is 0.288. The fourth-order valence-electron chi connectivity index (χ4n) is 2.04. The molecule has 1 rings (SSSR count). The van der Waals surface area contributed by atoms with Crippen molar-refractivity contribution >= 4 is 0 Å². The molecule has 12 heavy (non-hydrogen) atoms. The van der Waals surface area contributed by atoms with E-state index in [1.165, 1.54) is 19.5 Å². The second-order valence-electron chi connectivity index (χ2n) is 4.11. The smallest absolute Gasteiger partial charge is 0.0160 e. The predicted octanol–water partition coefficient (Wildman–Crippen LogP) is 1.10. The molecule has 70 valence electrons. The molecule has 1 heterocycles. The number of nitrogens with zero attached hydrogens (tertiary/aromatic N) is 1. The van der Waals surface area contributed by atoms with Gasteiger partial charge in [0.2, 0.25) is 0 Å². The first-order valence-electron chi connectivity index (χ1n) is 4.68. The van der Waals surface area contributed by atoms with Crippen molar-refractivity contribution in [2.45, 2.75) is 13.3 Å². The largest absolute Gasteiger partial charge is 0.319 e. The molecule has 1 N–H and O–H groups in total. The molecule has 1 aliphatic heterocycles. The van der Waals surface area contributed by atoms with Crippen molar-refractivity contribution in [2.75, 3.05) is 33.2 Å². The van der Waals surface area contributed by atoms with Crippen molar-refractivity contribution in [3.8, 4) is 0 Å². The number of likely N-dealkylation sites (tertiary alicyclic amines) is 1. The van der Waals surface area contributed by atoms with Gasteiger partial charge in [0.1, 0.15) is 0 Å². The second kappa shape index (κ2) is 4.06. The van der Waals surface area contributed by atoms with Gasteiger partial charge in [-0.05, 0) is 25.4 Å². The Labute approximate surface area is 75.6 Å². The van der Waals surface area contributed by atoms with Crippen LogP contribution in [0.2, 0.25) is 0 Å². The molecule has 2 heteroatoms. The quantitative estimate of drug-likeness (QED) is 0.632. The molecule has 1 saturated heterocycles. The molecule has 1 unspecified atom stereocenters. The summed E-state index contributed by atoms with van der Waals surface area (Å²) in [6.45, 7) is 10.7. The Hall–Kier alpha value is -0.340. The first-order chi connectivity index (χ1) is 5.70. The van der Waals surface area contributed by atoms with Gasteiger partial charge < -0.3 is 5.32 Å². The lowest BCUT2D eigenvalue weighted by Crippen LogP contribution is -2.33. The van der Waals surface area contributed by atoms with E-state index in [4.69, 9.17) is 0 Å². The molecule has 0 aromatic carbocycles. The molecule has 0 amide bonds. The van der Waals surface area contributed by atoms with Crippen LogP contribution in [-0.2, 0) is 0 Å². The van der Waals surface area contributed by atoms with E-state index in [0.717, 1.165) is 13.1 Å². The van der Waals surface area contributed by atoms with Crippen LogP contribution in [0.15, 0.2) is 12.7 Å². The highest BCUT2D eigenvalue weighted by atomic mass is 15.2. The summed E-state index contributed by atoms with van der Waals surface area (Å²) in [5.41, 5.74) is 0.484. The summed E-state index contributed by atoms with van der Waals surface area (Å²) in [7, 11) is 2.03. The third-order valence-corrected chi connectivity index (χ3v) is 2.63. The normalized spacial score (nSPS) is 30.8. The highest BCUT2D eigenvalue weighted by molar-refractivity contribution is 4.89. The molecule has 0 bridgehead atoms. The van der Waals surface area contributed by atoms with Gasteiger partial charge in [0, 0.05) is 19.6 Å². The number of hydrogen-bond donors (Lipinski definition) is 1.